The Kier molecular flexibility index (Phi) is 6.87. The quantitative estimate of drug-likeness (QED) is 0.510. The second-order valence-corrected chi connectivity index (χ2v) is 8.11. The molecule has 0 aliphatic heterocycles. The van der Waals surface area contributed by atoms with Crippen molar-refractivity contribution in [2.75, 3.05) is 6.54 Å². The molecule has 2 atom stereocenters. The third kappa shape index (κ3) is 4.96. The van der Waals surface area contributed by atoms with Crippen molar-refractivity contribution < 1.29 is 5.11 Å². The highest BCUT2D eigenvalue weighted by Gasteiger charge is 2.45. The van der Waals surface area contributed by atoms with E-state index < -0.39 is 0 Å². The molecule has 25 heavy (non-hydrogen) atoms. The van der Waals surface area contributed by atoms with Crippen molar-refractivity contribution in [3.05, 3.63) is 42.0 Å². The van der Waals surface area contributed by atoms with E-state index in [1.54, 1.807) is 12.1 Å². The lowest BCUT2D eigenvalue weighted by molar-refractivity contribution is 0.0462. The zero-order valence-corrected chi connectivity index (χ0v) is 16.5. The van der Waals surface area contributed by atoms with Crippen LogP contribution in [0.4, 0.5) is 0 Å². The molecule has 0 aromatic heterocycles. The van der Waals surface area contributed by atoms with E-state index in [1.807, 2.05) is 32.2 Å². The molecule has 2 saturated carbocycles. The molecule has 1 aromatic carbocycles. The van der Waals surface area contributed by atoms with E-state index in [0.717, 1.165) is 29.9 Å². The van der Waals surface area contributed by atoms with Gasteiger partial charge in [0.15, 0.2) is 0 Å². The molecule has 138 valence electrons. The van der Waals surface area contributed by atoms with Gasteiger partial charge in [-0.1, -0.05) is 34.3 Å². The van der Waals surface area contributed by atoms with Gasteiger partial charge in [0.1, 0.15) is 5.75 Å². The second-order valence-electron chi connectivity index (χ2n) is 8.11. The third-order valence-corrected chi connectivity index (χ3v) is 5.79. The van der Waals surface area contributed by atoms with Gasteiger partial charge in [0.2, 0.25) is 0 Å². The van der Waals surface area contributed by atoms with Crippen molar-refractivity contribution in [2.24, 2.45) is 28.2 Å². The summed E-state index contributed by atoms with van der Waals surface area (Å²) < 4.78 is 0. The highest BCUT2D eigenvalue weighted by atomic mass is 16.3. The van der Waals surface area contributed by atoms with Crippen LogP contribution < -0.4 is 0 Å². The molecule has 2 heteroatoms. The van der Waals surface area contributed by atoms with Crippen molar-refractivity contribution >= 4 is 6.21 Å². The highest BCUT2D eigenvalue weighted by molar-refractivity contribution is 5.79. The van der Waals surface area contributed by atoms with Gasteiger partial charge >= 0.3 is 0 Å². The van der Waals surface area contributed by atoms with E-state index in [9.17, 15) is 5.11 Å². The summed E-state index contributed by atoms with van der Waals surface area (Å²) in [4.78, 5) is 4.63. The van der Waals surface area contributed by atoms with Crippen LogP contribution in [0.5, 0.6) is 5.75 Å². The fourth-order valence-corrected chi connectivity index (χ4v) is 5.13. The zero-order valence-electron chi connectivity index (χ0n) is 16.5. The fourth-order valence-electron chi connectivity index (χ4n) is 5.13. The summed E-state index contributed by atoms with van der Waals surface area (Å²) in [6, 6.07) is 7.18. The summed E-state index contributed by atoms with van der Waals surface area (Å²) in [6.07, 6.45) is 8.61. The molecular weight excluding hydrogens is 306 g/mol. The number of phenols is 1. The average molecular weight is 342 g/mol. The van der Waals surface area contributed by atoms with Crippen LogP contribution in [0.1, 0.15) is 65.4 Å². The number of rotatable bonds is 4. The molecule has 0 saturated heterocycles. The van der Waals surface area contributed by atoms with Gasteiger partial charge in [-0.3, -0.25) is 4.99 Å². The normalized spacial score (nSPS) is 31.3. The van der Waals surface area contributed by atoms with Crippen LogP contribution in [-0.4, -0.2) is 17.9 Å². The summed E-state index contributed by atoms with van der Waals surface area (Å²) in [5.74, 6) is 2.82. The van der Waals surface area contributed by atoms with Gasteiger partial charge in [0, 0.05) is 6.21 Å². The Hall–Kier alpha value is -1.57. The molecule has 0 spiro atoms. The number of nitrogens with zero attached hydrogens (tertiary/aromatic N) is 1. The van der Waals surface area contributed by atoms with E-state index in [2.05, 4.69) is 25.4 Å². The van der Waals surface area contributed by atoms with Crippen LogP contribution >= 0.6 is 0 Å². The van der Waals surface area contributed by atoms with Crippen LogP contribution in [0.25, 0.3) is 0 Å². The maximum Gasteiger partial charge on any atom is 0.115 e. The summed E-state index contributed by atoms with van der Waals surface area (Å²) in [5, 5.41) is 9.33. The Bertz CT molecular complexity index is 567. The molecule has 0 heterocycles. The monoisotopic (exact) mass is 341 g/mol. The topological polar surface area (TPSA) is 32.6 Å². The Morgan fingerprint density at radius 3 is 2.24 bits per heavy atom. The van der Waals surface area contributed by atoms with Gasteiger partial charge in [-0.15, -0.1) is 0 Å². The number of hydrogen-bond acceptors (Lipinski definition) is 2. The average Bonchev–Trinajstić information content (AvgIpc) is 2.57. The lowest BCUT2D eigenvalue weighted by Crippen LogP contribution is -2.40. The fraction of sp³-hybridized carbons (Fsp3) is 0.609. The van der Waals surface area contributed by atoms with Crippen molar-refractivity contribution in [1.82, 2.24) is 0 Å². The second kappa shape index (κ2) is 8.69. The van der Waals surface area contributed by atoms with Gasteiger partial charge in [-0.05, 0) is 90.7 Å². The van der Waals surface area contributed by atoms with Crippen molar-refractivity contribution in [2.45, 2.75) is 59.8 Å². The van der Waals surface area contributed by atoms with E-state index in [1.165, 1.54) is 37.7 Å². The SMILES string of the molecule is C=C(CN=Cc1ccc(O)cc1)C12CC(C)CC(CC(C)C1)C2.CC. The van der Waals surface area contributed by atoms with E-state index in [0.29, 0.717) is 11.2 Å². The standard InChI is InChI=1S/C21H29NO.C2H6/c1-15-8-19-9-16(2)11-21(10-15,12-19)17(3)13-22-14-18-4-6-20(23)7-5-18;1-2/h4-7,14-16,19,23H,3,8-13H2,1-2H3;1-2H3. The molecule has 2 aliphatic carbocycles. The minimum atomic E-state index is 0.295. The van der Waals surface area contributed by atoms with Crippen molar-refractivity contribution in [1.29, 1.82) is 0 Å². The molecule has 2 nitrogen and oxygen atoms in total. The number of aromatic hydroxyl groups is 1. The minimum Gasteiger partial charge on any atom is -0.508 e. The van der Waals surface area contributed by atoms with Crippen LogP contribution in [0.2, 0.25) is 0 Å². The molecule has 2 fully saturated rings. The highest BCUT2D eigenvalue weighted by Crippen LogP contribution is 2.55. The summed E-state index contributed by atoms with van der Waals surface area (Å²) in [7, 11) is 0. The first-order chi connectivity index (χ1) is 12.0. The molecular formula is C23H35NO. The minimum absolute atomic E-state index is 0.295. The predicted molar refractivity (Wildman–Crippen MR) is 108 cm³/mol. The van der Waals surface area contributed by atoms with Gasteiger partial charge in [-0.25, -0.2) is 0 Å². The Morgan fingerprint density at radius 2 is 1.68 bits per heavy atom. The van der Waals surface area contributed by atoms with Crippen LogP contribution in [-0.2, 0) is 0 Å². The molecule has 0 amide bonds. The summed E-state index contributed by atoms with van der Waals surface area (Å²) in [6.45, 7) is 14.0. The first-order valence-electron chi connectivity index (χ1n) is 9.94. The van der Waals surface area contributed by atoms with Gasteiger partial charge in [-0.2, -0.15) is 0 Å². The Balaban J connectivity index is 0.00000109. The number of benzene rings is 1. The Morgan fingerprint density at radius 1 is 1.12 bits per heavy atom. The first kappa shape index (κ1) is 19.8. The number of fused-ring (bicyclic) bond motifs is 2. The number of phenolic OH excluding ortho intramolecular Hbond substituents is 1. The Labute approximate surface area is 154 Å². The van der Waals surface area contributed by atoms with Crippen molar-refractivity contribution in [3.63, 3.8) is 0 Å². The molecule has 2 bridgehead atoms. The zero-order chi connectivity index (χ0) is 18.4. The molecule has 2 unspecified atom stereocenters. The van der Waals surface area contributed by atoms with E-state index >= 15 is 0 Å². The van der Waals surface area contributed by atoms with Gasteiger partial charge in [0.05, 0.1) is 6.54 Å². The molecule has 0 radical (unpaired) electrons. The van der Waals surface area contributed by atoms with Gasteiger partial charge in [0.25, 0.3) is 0 Å². The molecule has 1 N–H and O–H groups in total. The van der Waals surface area contributed by atoms with E-state index in [4.69, 9.17) is 0 Å². The smallest absolute Gasteiger partial charge is 0.115 e. The van der Waals surface area contributed by atoms with Crippen LogP contribution in [0, 0.1) is 23.2 Å². The van der Waals surface area contributed by atoms with Crippen LogP contribution in [0.15, 0.2) is 41.4 Å². The molecule has 2 aliphatic rings. The van der Waals surface area contributed by atoms with E-state index in [-0.39, 0.29) is 0 Å². The van der Waals surface area contributed by atoms with Crippen molar-refractivity contribution in [3.8, 4) is 5.75 Å². The third-order valence-electron chi connectivity index (χ3n) is 5.79. The summed E-state index contributed by atoms with van der Waals surface area (Å²) >= 11 is 0. The lowest BCUT2D eigenvalue weighted by atomic mass is 9.54. The maximum atomic E-state index is 9.33. The summed E-state index contributed by atoms with van der Waals surface area (Å²) in [5.41, 5.74) is 2.68. The van der Waals surface area contributed by atoms with Gasteiger partial charge < -0.3 is 5.11 Å². The predicted octanol–water partition coefficient (Wildman–Crippen LogP) is 6.25. The largest absolute Gasteiger partial charge is 0.508 e. The number of hydrogen-bond donors (Lipinski definition) is 1. The molecule has 3 rings (SSSR count). The molecule has 1 aromatic rings. The number of aliphatic imine (C=N–C) groups is 1. The maximum absolute atomic E-state index is 9.33. The first-order valence-corrected chi connectivity index (χ1v) is 9.94. The van der Waals surface area contributed by atoms with Crippen LogP contribution in [0.3, 0.4) is 0 Å². The lowest BCUT2D eigenvalue weighted by Gasteiger charge is -2.51.